The summed E-state index contributed by atoms with van der Waals surface area (Å²) in [6.07, 6.45) is 4.81. The maximum absolute atomic E-state index is 6.00. The molecule has 0 saturated heterocycles. The Labute approximate surface area is 109 Å². The first-order valence-electron chi connectivity index (χ1n) is 5.44. The number of benzene rings is 1. The second kappa shape index (κ2) is 4.31. The summed E-state index contributed by atoms with van der Waals surface area (Å²) in [6.45, 7) is 1.90. The molecule has 18 heavy (non-hydrogen) atoms. The van der Waals surface area contributed by atoms with Gasteiger partial charge in [0.1, 0.15) is 11.5 Å². The van der Waals surface area contributed by atoms with Gasteiger partial charge in [0.05, 0.1) is 16.7 Å². The van der Waals surface area contributed by atoms with Crippen molar-refractivity contribution >= 4 is 22.6 Å². The van der Waals surface area contributed by atoms with Gasteiger partial charge in [0.25, 0.3) is 0 Å². The summed E-state index contributed by atoms with van der Waals surface area (Å²) < 4.78 is 0. The molecule has 0 unspecified atom stereocenters. The summed E-state index contributed by atoms with van der Waals surface area (Å²) in [5.41, 5.74) is 4.35. The van der Waals surface area contributed by atoms with Gasteiger partial charge in [-0.25, -0.2) is 9.97 Å². The van der Waals surface area contributed by atoms with Crippen LogP contribution < -0.4 is 0 Å². The highest BCUT2D eigenvalue weighted by Gasteiger charge is 2.08. The first-order valence-corrected chi connectivity index (χ1v) is 5.82. The third kappa shape index (κ3) is 1.80. The van der Waals surface area contributed by atoms with Crippen LogP contribution in [0.3, 0.4) is 0 Å². The monoisotopic (exact) mass is 256 g/mol. The van der Waals surface area contributed by atoms with E-state index in [0.717, 1.165) is 27.9 Å². The Kier molecular flexibility index (Phi) is 2.64. The Morgan fingerprint density at radius 3 is 2.56 bits per heavy atom. The van der Waals surface area contributed by atoms with E-state index in [9.17, 15) is 0 Å². The van der Waals surface area contributed by atoms with Crippen molar-refractivity contribution in [3.05, 3.63) is 47.6 Å². The van der Waals surface area contributed by atoms with Crippen LogP contribution in [0.2, 0.25) is 5.15 Å². The van der Waals surface area contributed by atoms with E-state index in [0.29, 0.717) is 5.15 Å². The number of halogens is 1. The normalized spacial score (nSPS) is 10.8. The molecule has 88 valence electrons. The molecule has 2 heterocycles. The van der Waals surface area contributed by atoms with Crippen LogP contribution >= 0.6 is 11.6 Å². The zero-order valence-electron chi connectivity index (χ0n) is 9.63. The van der Waals surface area contributed by atoms with E-state index >= 15 is 0 Å². The minimum atomic E-state index is 0.472. The van der Waals surface area contributed by atoms with Crippen molar-refractivity contribution in [3.8, 4) is 11.3 Å². The van der Waals surface area contributed by atoms with Gasteiger partial charge in [-0.05, 0) is 19.1 Å². The molecule has 2 aromatic heterocycles. The smallest absolute Gasteiger partial charge is 0.135 e. The zero-order valence-corrected chi connectivity index (χ0v) is 10.4. The summed E-state index contributed by atoms with van der Waals surface area (Å²) >= 11 is 6.00. The van der Waals surface area contributed by atoms with Gasteiger partial charge >= 0.3 is 0 Å². The van der Waals surface area contributed by atoms with Gasteiger partial charge < -0.3 is 0 Å². The fraction of sp³-hybridized carbons (Fsp3) is 0.0769. The fourth-order valence-corrected chi connectivity index (χ4v) is 1.96. The van der Waals surface area contributed by atoms with E-state index in [1.54, 1.807) is 12.4 Å². The van der Waals surface area contributed by atoms with Crippen LogP contribution in [-0.4, -0.2) is 19.9 Å². The number of nitrogens with zero attached hydrogens (tertiary/aromatic N) is 4. The minimum Gasteiger partial charge on any atom is -0.253 e. The Balaban J connectivity index is 2.22. The lowest BCUT2D eigenvalue weighted by Crippen LogP contribution is -1.92. The van der Waals surface area contributed by atoms with Crippen molar-refractivity contribution in [3.63, 3.8) is 0 Å². The molecule has 0 aliphatic heterocycles. The van der Waals surface area contributed by atoms with Crippen molar-refractivity contribution in [1.29, 1.82) is 0 Å². The highest BCUT2D eigenvalue weighted by molar-refractivity contribution is 6.30. The van der Waals surface area contributed by atoms with Crippen LogP contribution in [0, 0.1) is 6.92 Å². The predicted molar refractivity (Wildman–Crippen MR) is 70.3 cm³/mol. The summed E-state index contributed by atoms with van der Waals surface area (Å²) in [4.78, 5) is 16.7. The second-order valence-corrected chi connectivity index (χ2v) is 4.26. The minimum absolute atomic E-state index is 0.472. The zero-order chi connectivity index (χ0) is 12.5. The van der Waals surface area contributed by atoms with E-state index < -0.39 is 0 Å². The predicted octanol–water partition coefficient (Wildman–Crippen LogP) is 3.05. The van der Waals surface area contributed by atoms with Gasteiger partial charge in [0.15, 0.2) is 0 Å². The molecular weight excluding hydrogens is 248 g/mol. The molecule has 0 aliphatic carbocycles. The number of hydrogen-bond acceptors (Lipinski definition) is 4. The maximum atomic E-state index is 6.00. The second-order valence-electron chi connectivity index (χ2n) is 3.90. The average molecular weight is 257 g/mol. The quantitative estimate of drug-likeness (QED) is 0.628. The molecule has 0 atom stereocenters. The Hall–Kier alpha value is -2.07. The van der Waals surface area contributed by atoms with Crippen LogP contribution in [-0.2, 0) is 0 Å². The molecule has 3 aromatic rings. The molecule has 1 aromatic carbocycles. The number of rotatable bonds is 1. The van der Waals surface area contributed by atoms with Crippen LogP contribution in [0.4, 0.5) is 0 Å². The molecule has 0 radical (unpaired) electrons. The Morgan fingerprint density at radius 1 is 0.944 bits per heavy atom. The van der Waals surface area contributed by atoms with E-state index in [1.165, 1.54) is 6.33 Å². The molecule has 0 spiro atoms. The van der Waals surface area contributed by atoms with Crippen molar-refractivity contribution in [1.82, 2.24) is 19.9 Å². The lowest BCUT2D eigenvalue weighted by molar-refractivity contribution is 1.13. The number of aromatic nitrogens is 4. The molecule has 0 bridgehead atoms. The number of fused-ring (bicyclic) bond motifs is 1. The van der Waals surface area contributed by atoms with Gasteiger partial charge in [-0.1, -0.05) is 17.7 Å². The van der Waals surface area contributed by atoms with Crippen LogP contribution in [0.5, 0.6) is 0 Å². The summed E-state index contributed by atoms with van der Waals surface area (Å²) in [6, 6.07) is 5.84. The van der Waals surface area contributed by atoms with E-state index in [-0.39, 0.29) is 0 Å². The number of hydrogen-bond donors (Lipinski definition) is 0. The molecule has 0 N–H and O–H groups in total. The van der Waals surface area contributed by atoms with Crippen LogP contribution in [0.15, 0.2) is 36.9 Å². The van der Waals surface area contributed by atoms with E-state index in [4.69, 9.17) is 11.6 Å². The van der Waals surface area contributed by atoms with Gasteiger partial charge in [-0.3, -0.25) is 9.97 Å². The van der Waals surface area contributed by atoms with E-state index in [1.807, 2.05) is 25.1 Å². The van der Waals surface area contributed by atoms with Crippen molar-refractivity contribution in [2.45, 2.75) is 6.92 Å². The summed E-state index contributed by atoms with van der Waals surface area (Å²) in [7, 11) is 0. The Morgan fingerprint density at radius 2 is 1.72 bits per heavy atom. The lowest BCUT2D eigenvalue weighted by atomic mass is 10.1. The van der Waals surface area contributed by atoms with Gasteiger partial charge in [0.2, 0.25) is 0 Å². The van der Waals surface area contributed by atoms with Crippen molar-refractivity contribution in [2.75, 3.05) is 0 Å². The Bertz CT molecular complexity index is 727. The molecule has 3 rings (SSSR count). The lowest BCUT2D eigenvalue weighted by Gasteiger charge is -2.06. The SMILES string of the molecule is Cc1c(Cl)ncnc1-c1ccc2nccnc2c1. The van der Waals surface area contributed by atoms with E-state index in [2.05, 4.69) is 19.9 Å². The average Bonchev–Trinajstić information content (AvgIpc) is 2.41. The molecule has 0 amide bonds. The molecular formula is C13H9ClN4. The molecule has 0 saturated carbocycles. The first kappa shape index (κ1) is 11.0. The fourth-order valence-electron chi connectivity index (χ4n) is 1.83. The van der Waals surface area contributed by atoms with Gasteiger partial charge in [-0.15, -0.1) is 0 Å². The standard InChI is InChI=1S/C13H9ClN4/c1-8-12(17-7-18-13(8)14)9-2-3-10-11(6-9)16-5-4-15-10/h2-7H,1H3. The van der Waals surface area contributed by atoms with Gasteiger partial charge in [-0.2, -0.15) is 0 Å². The summed E-state index contributed by atoms with van der Waals surface area (Å²) in [5.74, 6) is 0. The third-order valence-electron chi connectivity index (χ3n) is 2.77. The van der Waals surface area contributed by atoms with Crippen LogP contribution in [0.1, 0.15) is 5.56 Å². The highest BCUT2D eigenvalue weighted by atomic mass is 35.5. The first-order chi connectivity index (χ1) is 8.75. The highest BCUT2D eigenvalue weighted by Crippen LogP contribution is 2.26. The molecule has 5 heteroatoms. The largest absolute Gasteiger partial charge is 0.253 e. The molecule has 0 fully saturated rings. The van der Waals surface area contributed by atoms with Crippen molar-refractivity contribution in [2.24, 2.45) is 0 Å². The van der Waals surface area contributed by atoms with Crippen molar-refractivity contribution < 1.29 is 0 Å². The molecule has 4 nitrogen and oxygen atoms in total. The maximum Gasteiger partial charge on any atom is 0.135 e. The third-order valence-corrected chi connectivity index (χ3v) is 3.15. The summed E-state index contributed by atoms with van der Waals surface area (Å²) in [5, 5.41) is 0.472. The topological polar surface area (TPSA) is 51.6 Å². The van der Waals surface area contributed by atoms with Crippen LogP contribution in [0.25, 0.3) is 22.3 Å². The van der Waals surface area contributed by atoms with Gasteiger partial charge in [0, 0.05) is 23.5 Å². The molecule has 0 aliphatic rings.